The van der Waals surface area contributed by atoms with E-state index in [1.165, 1.54) is 0 Å². The van der Waals surface area contributed by atoms with Crippen molar-refractivity contribution in [1.29, 1.82) is 0 Å². The van der Waals surface area contributed by atoms with Gasteiger partial charge in [-0.15, -0.1) is 0 Å². The van der Waals surface area contributed by atoms with E-state index in [1.807, 2.05) is 0 Å². The number of carboxylic acids is 1. The highest BCUT2D eigenvalue weighted by molar-refractivity contribution is 7.94. The number of sulfone groups is 1. The molecule has 0 spiro atoms. The predicted octanol–water partition coefficient (Wildman–Crippen LogP) is -1.38. The number of sulfonamides is 1. The second-order valence-electron chi connectivity index (χ2n) is 5.57. The number of carboxylic acid groups (broad SMARTS) is 1. The van der Waals surface area contributed by atoms with Crippen LogP contribution >= 0.6 is 0 Å². The summed E-state index contributed by atoms with van der Waals surface area (Å²) >= 11 is 0. The maximum Gasteiger partial charge on any atom is 0.511 e. The van der Waals surface area contributed by atoms with E-state index in [4.69, 9.17) is 5.11 Å². The van der Waals surface area contributed by atoms with Crippen LogP contribution in [0.1, 0.15) is 13.8 Å². The lowest BCUT2D eigenvalue weighted by atomic mass is 9.96. The molecule has 0 aromatic carbocycles. The SMILES string of the molecule is CC1(C)[C@H](C(=O)O)N2C(=O)[C@@H](NS(=O)(=O)C(F)(F)F)[C@H]2S1(=O)=O. The molecular formula is C9H11F3N2O7S2. The van der Waals surface area contributed by atoms with Crippen molar-refractivity contribution in [1.82, 2.24) is 9.62 Å². The van der Waals surface area contributed by atoms with Gasteiger partial charge in [0, 0.05) is 0 Å². The van der Waals surface area contributed by atoms with Crippen molar-refractivity contribution in [3.05, 3.63) is 0 Å². The number of alkyl halides is 3. The highest BCUT2D eigenvalue weighted by Crippen LogP contribution is 2.46. The summed E-state index contributed by atoms with van der Waals surface area (Å²) in [6.07, 6.45) is 0. The highest BCUT2D eigenvalue weighted by atomic mass is 32.2. The van der Waals surface area contributed by atoms with E-state index in [1.54, 1.807) is 0 Å². The predicted molar refractivity (Wildman–Crippen MR) is 67.0 cm³/mol. The van der Waals surface area contributed by atoms with Gasteiger partial charge in [0.15, 0.2) is 15.2 Å². The zero-order valence-corrected chi connectivity index (χ0v) is 13.2. The van der Waals surface area contributed by atoms with E-state index in [2.05, 4.69) is 0 Å². The number of hydrogen-bond donors (Lipinski definition) is 2. The molecule has 0 bridgehead atoms. The molecule has 0 radical (unpaired) electrons. The third-order valence-electron chi connectivity index (χ3n) is 3.89. The number of rotatable bonds is 3. The molecule has 3 atom stereocenters. The lowest BCUT2D eigenvalue weighted by molar-refractivity contribution is -0.159. The standard InChI is InChI=1S/C9H11F3N2O7S2/c1-8(2)4(7(16)17)14-5(15)3(6(14)22(8,18)19)13-23(20,21)9(10,11)12/h3-4,6,13H,1-2H3,(H,16,17)/t3-,4+,6-/m1/s1. The Morgan fingerprint density at radius 1 is 1.35 bits per heavy atom. The van der Waals surface area contributed by atoms with Crippen molar-refractivity contribution in [2.45, 2.75) is 41.6 Å². The van der Waals surface area contributed by atoms with Crippen LogP contribution in [0, 0.1) is 0 Å². The Bertz CT molecular complexity index is 786. The van der Waals surface area contributed by atoms with Crippen molar-refractivity contribution in [3.8, 4) is 0 Å². The Morgan fingerprint density at radius 2 is 1.83 bits per heavy atom. The molecule has 0 saturated carbocycles. The van der Waals surface area contributed by atoms with Gasteiger partial charge in [-0.3, -0.25) is 4.79 Å². The van der Waals surface area contributed by atoms with Crippen LogP contribution in [0.25, 0.3) is 0 Å². The molecule has 2 saturated heterocycles. The maximum atomic E-state index is 12.4. The Morgan fingerprint density at radius 3 is 2.22 bits per heavy atom. The van der Waals surface area contributed by atoms with Gasteiger partial charge in [0.1, 0.15) is 16.8 Å². The van der Waals surface area contributed by atoms with Gasteiger partial charge in [-0.05, 0) is 13.8 Å². The van der Waals surface area contributed by atoms with Gasteiger partial charge in [0.2, 0.25) is 5.91 Å². The normalized spacial score (nSPS) is 32.3. The van der Waals surface area contributed by atoms with Crippen LogP contribution in [0.2, 0.25) is 0 Å². The van der Waals surface area contributed by atoms with Gasteiger partial charge < -0.3 is 10.0 Å². The van der Waals surface area contributed by atoms with Crippen molar-refractivity contribution in [3.63, 3.8) is 0 Å². The average Bonchev–Trinajstić information content (AvgIpc) is 2.47. The number of fused-ring (bicyclic) bond motifs is 1. The van der Waals surface area contributed by atoms with Crippen LogP contribution in [0.15, 0.2) is 0 Å². The fourth-order valence-corrected chi connectivity index (χ4v) is 5.65. The molecule has 14 heteroatoms. The van der Waals surface area contributed by atoms with Crippen molar-refractivity contribution in [2.24, 2.45) is 0 Å². The first kappa shape index (κ1) is 17.9. The number of nitrogens with one attached hydrogen (secondary N) is 1. The zero-order valence-electron chi connectivity index (χ0n) is 11.5. The average molecular weight is 380 g/mol. The summed E-state index contributed by atoms with van der Waals surface area (Å²) in [5.41, 5.74) is -5.74. The number of β-lactam (4-membered cyclic amide) rings is 1. The van der Waals surface area contributed by atoms with Crippen LogP contribution in [0.4, 0.5) is 13.2 Å². The Labute approximate surface area is 128 Å². The molecule has 2 aliphatic rings. The summed E-state index contributed by atoms with van der Waals surface area (Å²) < 4.78 is 82.8. The Hall–Kier alpha value is -1.41. The largest absolute Gasteiger partial charge is 0.511 e. The van der Waals surface area contributed by atoms with Crippen LogP contribution < -0.4 is 4.72 Å². The second-order valence-corrected chi connectivity index (χ2v) is 9.90. The molecule has 0 aliphatic carbocycles. The fraction of sp³-hybridized carbons (Fsp3) is 0.778. The molecule has 0 unspecified atom stereocenters. The van der Waals surface area contributed by atoms with Gasteiger partial charge in [-0.25, -0.2) is 21.6 Å². The van der Waals surface area contributed by atoms with Crippen LogP contribution in [0.3, 0.4) is 0 Å². The topological polar surface area (TPSA) is 138 Å². The zero-order chi connectivity index (χ0) is 18.2. The number of carbonyl (C=O) groups is 2. The number of hydrogen-bond acceptors (Lipinski definition) is 6. The van der Waals surface area contributed by atoms with Gasteiger partial charge in [0.05, 0.1) is 0 Å². The summed E-state index contributed by atoms with van der Waals surface area (Å²) in [7, 11) is -10.4. The minimum atomic E-state index is -5.96. The monoisotopic (exact) mass is 380 g/mol. The maximum absolute atomic E-state index is 12.4. The second kappa shape index (κ2) is 4.57. The molecule has 0 aromatic rings. The molecular weight excluding hydrogens is 369 g/mol. The van der Waals surface area contributed by atoms with E-state index < -0.39 is 59.4 Å². The van der Waals surface area contributed by atoms with Crippen molar-refractivity contribution < 1.29 is 44.7 Å². The molecule has 2 heterocycles. The number of halogens is 3. The summed E-state index contributed by atoms with van der Waals surface area (Å²) in [5, 5.41) is 7.10. The van der Waals surface area contributed by atoms with E-state index in [9.17, 15) is 39.6 Å². The van der Waals surface area contributed by atoms with Gasteiger partial charge in [-0.2, -0.15) is 17.9 Å². The van der Waals surface area contributed by atoms with Crippen molar-refractivity contribution in [2.75, 3.05) is 0 Å². The number of nitrogens with zero attached hydrogens (tertiary/aromatic N) is 1. The molecule has 23 heavy (non-hydrogen) atoms. The molecule has 0 aromatic heterocycles. The minimum absolute atomic E-state index is 0.376. The summed E-state index contributed by atoms with van der Waals surface area (Å²) in [6.45, 7) is 2.00. The lowest BCUT2D eigenvalue weighted by Crippen LogP contribution is -2.72. The van der Waals surface area contributed by atoms with Gasteiger partial charge in [0.25, 0.3) is 0 Å². The molecule has 2 N–H and O–H groups in total. The quantitative estimate of drug-likeness (QED) is 0.576. The number of amides is 1. The Kier molecular flexibility index (Phi) is 3.56. The van der Waals surface area contributed by atoms with Crippen LogP contribution in [-0.2, 0) is 29.4 Å². The van der Waals surface area contributed by atoms with Crippen LogP contribution in [0.5, 0.6) is 0 Å². The van der Waals surface area contributed by atoms with Crippen molar-refractivity contribution >= 4 is 31.7 Å². The lowest BCUT2D eigenvalue weighted by Gasteiger charge is -2.42. The van der Waals surface area contributed by atoms with E-state index in [-0.39, 0.29) is 0 Å². The molecule has 9 nitrogen and oxygen atoms in total. The van der Waals surface area contributed by atoms with E-state index in [0.29, 0.717) is 4.90 Å². The first-order chi connectivity index (χ1) is 10.1. The smallest absolute Gasteiger partial charge is 0.480 e. The van der Waals surface area contributed by atoms with E-state index in [0.717, 1.165) is 18.6 Å². The van der Waals surface area contributed by atoms with Gasteiger partial charge in [-0.1, -0.05) is 0 Å². The minimum Gasteiger partial charge on any atom is -0.480 e. The third kappa shape index (κ3) is 2.15. The first-order valence-electron chi connectivity index (χ1n) is 5.94. The molecule has 1 amide bonds. The molecule has 2 rings (SSSR count). The fourth-order valence-electron chi connectivity index (χ4n) is 2.65. The Balaban J connectivity index is 2.46. The third-order valence-corrected chi connectivity index (χ3v) is 7.89. The summed E-state index contributed by atoms with van der Waals surface area (Å²) in [5.74, 6) is -3.00. The first-order valence-corrected chi connectivity index (χ1v) is 8.97. The van der Waals surface area contributed by atoms with Crippen LogP contribution in [-0.4, -0.2) is 66.4 Å². The van der Waals surface area contributed by atoms with E-state index >= 15 is 0 Å². The number of carbonyl (C=O) groups excluding carboxylic acids is 1. The molecule has 2 aliphatic heterocycles. The molecule has 132 valence electrons. The summed E-state index contributed by atoms with van der Waals surface area (Å²) in [4.78, 5) is 23.4. The van der Waals surface area contributed by atoms with Gasteiger partial charge >= 0.3 is 21.5 Å². The summed E-state index contributed by atoms with van der Waals surface area (Å²) in [6, 6.07) is -4.04. The number of aliphatic carboxylic acids is 1. The highest BCUT2D eigenvalue weighted by Gasteiger charge is 2.73. The molecule has 2 fully saturated rings.